The standard InChI is InChI=1S/C17H21NS/c1-14-7-6-8-16(13-14)15(2)18-11-12-19-17-9-4-3-5-10-17/h3-10,13,15,18H,11-12H2,1-2H3. The lowest BCUT2D eigenvalue weighted by Crippen LogP contribution is -2.21. The molecule has 0 saturated carbocycles. The number of hydrogen-bond acceptors (Lipinski definition) is 2. The molecule has 1 unspecified atom stereocenters. The Labute approximate surface area is 120 Å². The Hall–Kier alpha value is -1.25. The molecule has 0 saturated heterocycles. The maximum atomic E-state index is 3.58. The van der Waals surface area contributed by atoms with Crippen LogP contribution in [0.2, 0.25) is 0 Å². The van der Waals surface area contributed by atoms with Crippen molar-refractivity contribution in [2.75, 3.05) is 12.3 Å². The van der Waals surface area contributed by atoms with Crippen LogP contribution in [-0.4, -0.2) is 12.3 Å². The first-order valence-electron chi connectivity index (χ1n) is 6.73. The van der Waals surface area contributed by atoms with Crippen molar-refractivity contribution in [3.8, 4) is 0 Å². The van der Waals surface area contributed by atoms with Crippen LogP contribution in [0.3, 0.4) is 0 Å². The van der Waals surface area contributed by atoms with Crippen LogP contribution in [0, 0.1) is 6.92 Å². The van der Waals surface area contributed by atoms with Gasteiger partial charge in [0.2, 0.25) is 0 Å². The number of aryl methyl sites for hydroxylation is 1. The molecule has 1 atom stereocenters. The molecule has 0 amide bonds. The first-order chi connectivity index (χ1) is 9.25. The van der Waals surface area contributed by atoms with E-state index in [1.807, 2.05) is 11.8 Å². The summed E-state index contributed by atoms with van der Waals surface area (Å²) in [5.41, 5.74) is 2.69. The Kier molecular flexibility index (Phi) is 5.49. The molecule has 2 aromatic rings. The lowest BCUT2D eigenvalue weighted by molar-refractivity contribution is 0.601. The van der Waals surface area contributed by atoms with Gasteiger partial charge in [0, 0.05) is 23.2 Å². The average molecular weight is 271 g/mol. The molecule has 0 fully saturated rings. The fraction of sp³-hybridized carbons (Fsp3) is 0.294. The summed E-state index contributed by atoms with van der Waals surface area (Å²) in [4.78, 5) is 1.34. The lowest BCUT2D eigenvalue weighted by atomic mass is 10.1. The zero-order valence-corrected chi connectivity index (χ0v) is 12.4. The molecule has 0 radical (unpaired) electrons. The molecule has 2 rings (SSSR count). The minimum absolute atomic E-state index is 0.413. The Morgan fingerprint density at radius 3 is 2.58 bits per heavy atom. The van der Waals surface area contributed by atoms with E-state index in [1.54, 1.807) is 0 Å². The van der Waals surface area contributed by atoms with E-state index in [4.69, 9.17) is 0 Å². The molecule has 0 aliphatic carbocycles. The van der Waals surface area contributed by atoms with Gasteiger partial charge >= 0.3 is 0 Å². The predicted molar refractivity (Wildman–Crippen MR) is 84.8 cm³/mol. The van der Waals surface area contributed by atoms with Gasteiger partial charge in [-0.15, -0.1) is 11.8 Å². The second-order valence-corrected chi connectivity index (χ2v) is 5.92. The number of nitrogens with one attached hydrogen (secondary N) is 1. The smallest absolute Gasteiger partial charge is 0.0292 e. The van der Waals surface area contributed by atoms with Crippen LogP contribution in [0.5, 0.6) is 0 Å². The molecule has 1 N–H and O–H groups in total. The van der Waals surface area contributed by atoms with Gasteiger partial charge in [0.1, 0.15) is 0 Å². The summed E-state index contributed by atoms with van der Waals surface area (Å²) in [6.45, 7) is 5.39. The van der Waals surface area contributed by atoms with Gasteiger partial charge in [-0.3, -0.25) is 0 Å². The fourth-order valence-corrected chi connectivity index (χ4v) is 2.82. The second-order valence-electron chi connectivity index (χ2n) is 4.75. The van der Waals surface area contributed by atoms with Gasteiger partial charge in [-0.2, -0.15) is 0 Å². The molecule has 0 aliphatic heterocycles. The number of hydrogen-bond donors (Lipinski definition) is 1. The maximum Gasteiger partial charge on any atom is 0.0292 e. The second kappa shape index (κ2) is 7.37. The molecule has 100 valence electrons. The van der Waals surface area contributed by atoms with Crippen LogP contribution < -0.4 is 5.32 Å². The summed E-state index contributed by atoms with van der Waals surface area (Å²) < 4.78 is 0. The van der Waals surface area contributed by atoms with E-state index in [9.17, 15) is 0 Å². The van der Waals surface area contributed by atoms with Gasteiger partial charge < -0.3 is 5.32 Å². The highest BCUT2D eigenvalue weighted by Crippen LogP contribution is 2.17. The molecule has 2 aromatic carbocycles. The third-order valence-electron chi connectivity index (χ3n) is 3.11. The highest BCUT2D eigenvalue weighted by Gasteiger charge is 2.04. The van der Waals surface area contributed by atoms with Crippen LogP contribution in [-0.2, 0) is 0 Å². The molecule has 2 heteroatoms. The predicted octanol–water partition coefficient (Wildman–Crippen LogP) is 4.44. The van der Waals surface area contributed by atoms with E-state index in [2.05, 4.69) is 73.8 Å². The lowest BCUT2D eigenvalue weighted by Gasteiger charge is -2.14. The fourth-order valence-electron chi connectivity index (χ4n) is 2.02. The normalized spacial score (nSPS) is 12.3. The van der Waals surface area contributed by atoms with Crippen molar-refractivity contribution >= 4 is 11.8 Å². The number of benzene rings is 2. The van der Waals surface area contributed by atoms with E-state index in [1.165, 1.54) is 16.0 Å². The van der Waals surface area contributed by atoms with Crippen molar-refractivity contribution in [1.29, 1.82) is 0 Å². The van der Waals surface area contributed by atoms with Crippen LogP contribution in [0.1, 0.15) is 24.1 Å². The van der Waals surface area contributed by atoms with Crippen molar-refractivity contribution in [2.45, 2.75) is 24.8 Å². The van der Waals surface area contributed by atoms with Crippen molar-refractivity contribution in [3.05, 3.63) is 65.7 Å². The van der Waals surface area contributed by atoms with Gasteiger partial charge in [0.15, 0.2) is 0 Å². The molecule has 19 heavy (non-hydrogen) atoms. The van der Waals surface area contributed by atoms with Gasteiger partial charge in [-0.05, 0) is 31.5 Å². The summed E-state index contributed by atoms with van der Waals surface area (Å²) in [5, 5.41) is 3.58. The summed E-state index contributed by atoms with van der Waals surface area (Å²) in [6, 6.07) is 19.7. The van der Waals surface area contributed by atoms with Crippen LogP contribution in [0.25, 0.3) is 0 Å². The van der Waals surface area contributed by atoms with Gasteiger partial charge in [0.05, 0.1) is 0 Å². The van der Waals surface area contributed by atoms with Crippen molar-refractivity contribution in [2.24, 2.45) is 0 Å². The van der Waals surface area contributed by atoms with Crippen LogP contribution >= 0.6 is 11.8 Å². The first kappa shape index (κ1) is 14.2. The summed E-state index contributed by atoms with van der Waals surface area (Å²) in [7, 11) is 0. The van der Waals surface area contributed by atoms with E-state index < -0.39 is 0 Å². The van der Waals surface area contributed by atoms with E-state index >= 15 is 0 Å². The molecule has 0 spiro atoms. The molecular formula is C17H21NS. The Morgan fingerprint density at radius 1 is 1.05 bits per heavy atom. The Morgan fingerprint density at radius 2 is 1.84 bits per heavy atom. The number of thioether (sulfide) groups is 1. The molecule has 1 nitrogen and oxygen atoms in total. The minimum atomic E-state index is 0.413. The third-order valence-corrected chi connectivity index (χ3v) is 4.12. The summed E-state index contributed by atoms with van der Waals surface area (Å²) in [6.07, 6.45) is 0. The quantitative estimate of drug-likeness (QED) is 0.616. The van der Waals surface area contributed by atoms with Gasteiger partial charge in [-0.1, -0.05) is 48.0 Å². The third kappa shape index (κ3) is 4.73. The van der Waals surface area contributed by atoms with E-state index in [0.717, 1.165) is 12.3 Å². The van der Waals surface area contributed by atoms with Crippen LogP contribution in [0.4, 0.5) is 0 Å². The van der Waals surface area contributed by atoms with E-state index in [-0.39, 0.29) is 0 Å². The highest BCUT2D eigenvalue weighted by atomic mass is 32.2. The average Bonchev–Trinajstić information content (AvgIpc) is 2.44. The monoisotopic (exact) mass is 271 g/mol. The highest BCUT2D eigenvalue weighted by molar-refractivity contribution is 7.99. The van der Waals surface area contributed by atoms with Gasteiger partial charge in [0.25, 0.3) is 0 Å². The first-order valence-corrected chi connectivity index (χ1v) is 7.72. The SMILES string of the molecule is Cc1cccc(C(C)NCCSc2ccccc2)c1. The van der Waals surface area contributed by atoms with Crippen LogP contribution in [0.15, 0.2) is 59.5 Å². The Balaban J connectivity index is 1.74. The molecular weight excluding hydrogens is 250 g/mol. The topological polar surface area (TPSA) is 12.0 Å². The van der Waals surface area contributed by atoms with Crippen molar-refractivity contribution in [1.82, 2.24) is 5.32 Å². The minimum Gasteiger partial charge on any atom is -0.309 e. The molecule has 0 heterocycles. The molecule has 0 aromatic heterocycles. The van der Waals surface area contributed by atoms with Crippen molar-refractivity contribution < 1.29 is 0 Å². The summed E-state index contributed by atoms with van der Waals surface area (Å²) in [5.74, 6) is 1.10. The maximum absolute atomic E-state index is 3.58. The molecule has 0 bridgehead atoms. The van der Waals surface area contributed by atoms with Crippen molar-refractivity contribution in [3.63, 3.8) is 0 Å². The Bertz CT molecular complexity index is 496. The summed E-state index contributed by atoms with van der Waals surface area (Å²) >= 11 is 1.90. The van der Waals surface area contributed by atoms with E-state index in [0.29, 0.717) is 6.04 Å². The zero-order valence-electron chi connectivity index (χ0n) is 11.6. The zero-order chi connectivity index (χ0) is 13.5. The molecule has 0 aliphatic rings. The largest absolute Gasteiger partial charge is 0.309 e. The number of rotatable bonds is 6. The van der Waals surface area contributed by atoms with Gasteiger partial charge in [-0.25, -0.2) is 0 Å².